The molecular weight excluding hydrogens is 400 g/mol. The molecule has 2 aliphatic heterocycles. The van der Waals surface area contributed by atoms with E-state index in [0.717, 1.165) is 11.3 Å². The molecule has 0 spiro atoms. The highest BCUT2D eigenvalue weighted by atomic mass is 32.1. The quantitative estimate of drug-likeness (QED) is 0.691. The molecule has 2 aromatic rings. The third-order valence-electron chi connectivity index (χ3n) is 4.97. The van der Waals surface area contributed by atoms with Gasteiger partial charge in [0.25, 0.3) is 5.91 Å². The number of hydrogen-bond donors (Lipinski definition) is 2. The molecule has 1 amide bonds. The molecule has 0 radical (unpaired) electrons. The molecule has 9 heteroatoms. The molecular formula is C20H19F2N3O3S. The van der Waals surface area contributed by atoms with E-state index >= 15 is 0 Å². The lowest BCUT2D eigenvalue weighted by atomic mass is 9.92. The maximum atomic E-state index is 14.5. The number of nitrogens with two attached hydrogens (primary N) is 1. The fourth-order valence-electron chi connectivity index (χ4n) is 3.42. The van der Waals surface area contributed by atoms with Gasteiger partial charge in [0.05, 0.1) is 5.69 Å². The van der Waals surface area contributed by atoms with Gasteiger partial charge in [-0.15, -0.1) is 11.3 Å². The third kappa shape index (κ3) is 3.48. The van der Waals surface area contributed by atoms with Crippen LogP contribution in [0.4, 0.5) is 8.78 Å². The first-order chi connectivity index (χ1) is 13.7. The van der Waals surface area contributed by atoms with Gasteiger partial charge in [-0.3, -0.25) is 4.79 Å². The number of aromatic nitrogens is 1. The summed E-state index contributed by atoms with van der Waals surface area (Å²) in [4.78, 5) is 17.8. The van der Waals surface area contributed by atoms with Crippen molar-refractivity contribution >= 4 is 17.2 Å². The Morgan fingerprint density at radius 3 is 3.00 bits per heavy atom. The molecule has 0 bridgehead atoms. The summed E-state index contributed by atoms with van der Waals surface area (Å²) in [5.74, 6) is 2.12. The van der Waals surface area contributed by atoms with Crippen LogP contribution in [0.1, 0.15) is 28.3 Å². The Morgan fingerprint density at radius 2 is 2.24 bits per heavy atom. The predicted molar refractivity (Wildman–Crippen MR) is 104 cm³/mol. The van der Waals surface area contributed by atoms with Crippen LogP contribution in [-0.4, -0.2) is 46.7 Å². The molecule has 29 heavy (non-hydrogen) atoms. The minimum atomic E-state index is -3.18. The molecule has 1 fully saturated rings. The smallest absolute Gasteiger partial charge is 0.317 e. The van der Waals surface area contributed by atoms with Crippen LogP contribution in [0.3, 0.4) is 0 Å². The van der Waals surface area contributed by atoms with Crippen LogP contribution in [0.15, 0.2) is 18.2 Å². The number of likely N-dealkylation sites (N-methyl/N-ethyl adjacent to an activating group) is 1. The first-order valence-corrected chi connectivity index (χ1v) is 9.91. The first-order valence-electron chi connectivity index (χ1n) is 9.10. The van der Waals surface area contributed by atoms with Gasteiger partial charge < -0.3 is 20.5 Å². The Morgan fingerprint density at radius 1 is 1.45 bits per heavy atom. The van der Waals surface area contributed by atoms with E-state index in [1.807, 2.05) is 0 Å². The summed E-state index contributed by atoms with van der Waals surface area (Å²) < 4.78 is 34.3. The van der Waals surface area contributed by atoms with Crippen LogP contribution in [0.2, 0.25) is 0 Å². The number of aliphatic hydroxyl groups is 1. The van der Waals surface area contributed by atoms with Gasteiger partial charge in [0.15, 0.2) is 6.61 Å². The van der Waals surface area contributed by atoms with Crippen molar-refractivity contribution in [3.05, 3.63) is 33.6 Å². The Hall–Kier alpha value is -2.54. The molecule has 3 N–H and O–H groups in total. The van der Waals surface area contributed by atoms with Crippen LogP contribution in [0.25, 0.3) is 11.3 Å². The van der Waals surface area contributed by atoms with Gasteiger partial charge in [-0.05, 0) is 31.0 Å². The van der Waals surface area contributed by atoms with Gasteiger partial charge in [0, 0.05) is 31.3 Å². The van der Waals surface area contributed by atoms with E-state index in [4.69, 9.17) is 10.5 Å². The minimum absolute atomic E-state index is 0.0616. The first kappa shape index (κ1) is 19.8. The topological polar surface area (TPSA) is 88.7 Å². The number of ether oxygens (including phenoxy) is 1. The van der Waals surface area contributed by atoms with Gasteiger partial charge in [0.1, 0.15) is 15.6 Å². The van der Waals surface area contributed by atoms with Crippen molar-refractivity contribution in [2.45, 2.75) is 30.9 Å². The van der Waals surface area contributed by atoms with E-state index in [0.29, 0.717) is 29.1 Å². The number of halogens is 2. The van der Waals surface area contributed by atoms with Crippen LogP contribution in [-0.2, 0) is 17.3 Å². The van der Waals surface area contributed by atoms with Crippen molar-refractivity contribution in [3.63, 3.8) is 0 Å². The van der Waals surface area contributed by atoms with Crippen LogP contribution >= 0.6 is 11.3 Å². The van der Waals surface area contributed by atoms with E-state index in [9.17, 15) is 18.7 Å². The zero-order chi connectivity index (χ0) is 20.8. The highest BCUT2D eigenvalue weighted by Gasteiger charge is 2.42. The Labute approximate surface area is 170 Å². The number of nitrogens with zero attached hydrogens (tertiary/aromatic N) is 2. The molecule has 0 saturated carbocycles. The summed E-state index contributed by atoms with van der Waals surface area (Å²) in [6.45, 7) is -0.153. The fraction of sp³-hybridized carbons (Fsp3) is 0.400. The SMILES string of the molecule is CN1CCC[C@@](O)(C#Cc2ccc3c(c2)-c2nc(CN)sc2C(F)(F)CO3)C1=O. The zero-order valence-electron chi connectivity index (χ0n) is 15.7. The average Bonchev–Trinajstić information content (AvgIpc) is 3.11. The maximum Gasteiger partial charge on any atom is 0.317 e. The minimum Gasteiger partial charge on any atom is -0.486 e. The number of piperidine rings is 1. The molecule has 2 aliphatic rings. The van der Waals surface area contributed by atoms with Gasteiger partial charge in [0.2, 0.25) is 5.60 Å². The Balaban J connectivity index is 1.76. The summed E-state index contributed by atoms with van der Waals surface area (Å²) in [7, 11) is 1.62. The largest absolute Gasteiger partial charge is 0.486 e. The zero-order valence-corrected chi connectivity index (χ0v) is 16.5. The number of benzene rings is 1. The second-order valence-electron chi connectivity index (χ2n) is 7.13. The van der Waals surface area contributed by atoms with Crippen LogP contribution in [0, 0.1) is 11.8 Å². The highest BCUT2D eigenvalue weighted by molar-refractivity contribution is 7.12. The summed E-state index contributed by atoms with van der Waals surface area (Å²) in [6.07, 6.45) is 0.893. The molecule has 0 unspecified atom stereocenters. The Bertz CT molecular complexity index is 1040. The molecule has 4 rings (SSSR count). The number of likely N-dealkylation sites (tertiary alicyclic amines) is 1. The van der Waals surface area contributed by atoms with Crippen molar-refractivity contribution in [2.75, 3.05) is 20.2 Å². The summed E-state index contributed by atoms with van der Waals surface area (Å²) in [6, 6.07) is 4.74. The number of carbonyl (C=O) groups excluding carboxylic acids is 1. The van der Waals surface area contributed by atoms with Crippen molar-refractivity contribution in [2.24, 2.45) is 5.73 Å². The van der Waals surface area contributed by atoms with Crippen molar-refractivity contribution in [1.82, 2.24) is 9.88 Å². The van der Waals surface area contributed by atoms with Gasteiger partial charge >= 0.3 is 5.92 Å². The number of thiazole rings is 1. The third-order valence-corrected chi connectivity index (χ3v) is 6.16. The van der Waals surface area contributed by atoms with Crippen LogP contribution < -0.4 is 10.5 Å². The molecule has 6 nitrogen and oxygen atoms in total. The maximum absolute atomic E-state index is 14.5. The van der Waals surface area contributed by atoms with Gasteiger partial charge in [-0.1, -0.05) is 11.8 Å². The standard InChI is InChI=1S/C20H19F2N3O3S/c1-25-8-2-6-19(27,18(25)26)7-5-12-3-4-14-13(9-12)16-17(20(21,22)11-28-14)29-15(10-23)24-16/h3-4,9,27H,2,6,8,10-11,23H2,1H3/t19-/m1/s1. The molecule has 1 saturated heterocycles. The molecule has 1 atom stereocenters. The summed E-state index contributed by atoms with van der Waals surface area (Å²) in [5.41, 5.74) is 4.82. The molecule has 0 aliphatic carbocycles. The molecule has 1 aromatic carbocycles. The number of hydrogen-bond acceptors (Lipinski definition) is 6. The van der Waals surface area contributed by atoms with E-state index in [1.54, 1.807) is 25.2 Å². The van der Waals surface area contributed by atoms with Gasteiger partial charge in [-0.25, -0.2) is 4.98 Å². The van der Waals surface area contributed by atoms with E-state index in [2.05, 4.69) is 16.8 Å². The number of amides is 1. The predicted octanol–water partition coefficient (Wildman–Crippen LogP) is 2.09. The van der Waals surface area contributed by atoms with Crippen molar-refractivity contribution in [1.29, 1.82) is 0 Å². The number of fused-ring (bicyclic) bond motifs is 3. The lowest BCUT2D eigenvalue weighted by Gasteiger charge is -2.32. The molecule has 3 heterocycles. The lowest BCUT2D eigenvalue weighted by molar-refractivity contribution is -0.148. The molecule has 152 valence electrons. The summed E-state index contributed by atoms with van der Waals surface area (Å²) >= 11 is 0.869. The fourth-order valence-corrected chi connectivity index (χ4v) is 4.34. The van der Waals surface area contributed by atoms with Gasteiger partial charge in [-0.2, -0.15) is 8.78 Å². The summed E-state index contributed by atoms with van der Waals surface area (Å²) in [5, 5.41) is 11.0. The normalized spacial score (nSPS) is 22.7. The van der Waals surface area contributed by atoms with Crippen molar-refractivity contribution in [3.8, 4) is 28.8 Å². The van der Waals surface area contributed by atoms with E-state index in [1.165, 1.54) is 4.90 Å². The number of carbonyl (C=O) groups is 1. The van der Waals surface area contributed by atoms with Crippen molar-refractivity contribution < 1.29 is 23.4 Å². The Kier molecular flexibility index (Phi) is 4.81. The lowest BCUT2D eigenvalue weighted by Crippen LogP contribution is -2.51. The number of alkyl halides is 2. The average molecular weight is 419 g/mol. The highest BCUT2D eigenvalue weighted by Crippen LogP contribution is 2.46. The molecule has 1 aromatic heterocycles. The van der Waals surface area contributed by atoms with E-state index in [-0.39, 0.29) is 29.3 Å². The number of rotatable bonds is 1. The van der Waals surface area contributed by atoms with Crippen LogP contribution in [0.5, 0.6) is 5.75 Å². The second-order valence-corrected chi connectivity index (χ2v) is 8.22. The monoisotopic (exact) mass is 419 g/mol. The second kappa shape index (κ2) is 7.06. The van der Waals surface area contributed by atoms with E-state index < -0.39 is 24.0 Å².